The van der Waals surface area contributed by atoms with Gasteiger partial charge in [0.05, 0.1) is 12.3 Å². The lowest BCUT2D eigenvalue weighted by molar-refractivity contribution is -0.132. The molecule has 144 valence electrons. The Morgan fingerprint density at radius 3 is 2.62 bits per heavy atom. The van der Waals surface area contributed by atoms with Gasteiger partial charge >= 0.3 is 0 Å². The van der Waals surface area contributed by atoms with Gasteiger partial charge < -0.3 is 9.64 Å². The van der Waals surface area contributed by atoms with Crippen LogP contribution in [0.25, 0.3) is 0 Å². The first-order chi connectivity index (χ1) is 12.7. The summed E-state index contributed by atoms with van der Waals surface area (Å²) in [5.41, 5.74) is 2.20. The van der Waals surface area contributed by atoms with Crippen molar-refractivity contribution in [1.29, 1.82) is 0 Å². The molecular formula is C21H33N3O2. The molecule has 3 rings (SSSR count). The van der Waals surface area contributed by atoms with E-state index >= 15 is 0 Å². The molecule has 0 spiro atoms. The molecule has 5 heteroatoms. The van der Waals surface area contributed by atoms with Crippen LogP contribution in [0.15, 0.2) is 6.20 Å². The molecule has 0 aromatic carbocycles. The fraction of sp³-hybridized carbons (Fsp3) is 0.762. The van der Waals surface area contributed by atoms with Gasteiger partial charge in [-0.3, -0.25) is 4.79 Å². The molecule has 26 heavy (non-hydrogen) atoms. The van der Waals surface area contributed by atoms with Gasteiger partial charge in [-0.1, -0.05) is 32.1 Å². The average molecular weight is 360 g/mol. The number of likely N-dealkylation sites (tertiary alicyclic amines) is 1. The van der Waals surface area contributed by atoms with E-state index in [-0.39, 0.29) is 0 Å². The molecule has 1 aromatic rings. The Kier molecular flexibility index (Phi) is 7.00. The Bertz CT molecular complexity index is 591. The van der Waals surface area contributed by atoms with Crippen molar-refractivity contribution in [2.45, 2.75) is 77.2 Å². The summed E-state index contributed by atoms with van der Waals surface area (Å²) < 4.78 is 5.30. The Labute approximate surface area is 157 Å². The highest BCUT2D eigenvalue weighted by Crippen LogP contribution is 2.31. The molecule has 0 unspecified atom stereocenters. The minimum absolute atomic E-state index is 0.352. The molecule has 0 radical (unpaired) electrons. The van der Waals surface area contributed by atoms with E-state index in [4.69, 9.17) is 4.74 Å². The lowest BCUT2D eigenvalue weighted by Gasteiger charge is -2.33. The second-order valence-corrected chi connectivity index (χ2v) is 7.96. The van der Waals surface area contributed by atoms with E-state index in [1.165, 1.54) is 32.1 Å². The Morgan fingerprint density at radius 2 is 1.92 bits per heavy atom. The fourth-order valence-electron chi connectivity index (χ4n) is 4.50. The van der Waals surface area contributed by atoms with E-state index in [9.17, 15) is 4.79 Å². The largest absolute Gasteiger partial charge is 0.380 e. The molecule has 2 aliphatic rings. The first-order valence-corrected chi connectivity index (χ1v) is 10.3. The molecule has 0 bridgehead atoms. The minimum Gasteiger partial charge on any atom is -0.380 e. The highest BCUT2D eigenvalue weighted by molar-refractivity contribution is 5.76. The molecule has 1 aromatic heterocycles. The highest BCUT2D eigenvalue weighted by atomic mass is 16.5. The van der Waals surface area contributed by atoms with E-state index in [0.29, 0.717) is 18.4 Å². The third-order valence-electron chi connectivity index (χ3n) is 6.04. The van der Waals surface area contributed by atoms with Crippen molar-refractivity contribution >= 4 is 5.91 Å². The van der Waals surface area contributed by atoms with Crippen molar-refractivity contribution in [3.63, 3.8) is 0 Å². The van der Waals surface area contributed by atoms with Crippen LogP contribution in [0.4, 0.5) is 0 Å². The number of carbonyl (C=O) groups is 1. The number of aromatic nitrogens is 2. The molecule has 1 aliphatic heterocycles. The smallest absolute Gasteiger partial charge is 0.222 e. The van der Waals surface area contributed by atoms with E-state index < -0.39 is 0 Å². The zero-order valence-corrected chi connectivity index (χ0v) is 16.4. The molecule has 0 atom stereocenters. The van der Waals surface area contributed by atoms with Crippen molar-refractivity contribution in [2.24, 2.45) is 5.92 Å². The van der Waals surface area contributed by atoms with Gasteiger partial charge in [0.25, 0.3) is 0 Å². The SMILES string of the molecule is COCc1cnc(C)nc1C1CCN(C(=O)CCC2CCCCC2)CC1. The van der Waals surface area contributed by atoms with Crippen molar-refractivity contribution in [3.05, 3.63) is 23.3 Å². The molecule has 2 heterocycles. The second kappa shape index (κ2) is 9.45. The van der Waals surface area contributed by atoms with E-state index in [1.807, 2.05) is 13.1 Å². The van der Waals surface area contributed by atoms with Gasteiger partial charge in [0, 0.05) is 44.3 Å². The average Bonchev–Trinajstić information content (AvgIpc) is 2.68. The molecular weight excluding hydrogens is 326 g/mol. The fourth-order valence-corrected chi connectivity index (χ4v) is 4.50. The molecule has 1 aliphatic carbocycles. The Hall–Kier alpha value is -1.49. The first kappa shape index (κ1) is 19.3. The monoisotopic (exact) mass is 359 g/mol. The van der Waals surface area contributed by atoms with Crippen molar-refractivity contribution < 1.29 is 9.53 Å². The summed E-state index contributed by atoms with van der Waals surface area (Å²) in [6, 6.07) is 0. The predicted molar refractivity (Wildman–Crippen MR) is 102 cm³/mol. The lowest BCUT2D eigenvalue weighted by Crippen LogP contribution is -2.38. The quantitative estimate of drug-likeness (QED) is 0.770. The Morgan fingerprint density at radius 1 is 1.19 bits per heavy atom. The summed E-state index contributed by atoms with van der Waals surface area (Å²) in [5, 5.41) is 0. The molecule has 0 N–H and O–H groups in total. The summed E-state index contributed by atoms with van der Waals surface area (Å²) in [7, 11) is 1.71. The number of aryl methyl sites for hydroxylation is 1. The number of methoxy groups -OCH3 is 1. The summed E-state index contributed by atoms with van der Waals surface area (Å²) >= 11 is 0. The van der Waals surface area contributed by atoms with Crippen LogP contribution in [0.3, 0.4) is 0 Å². The highest BCUT2D eigenvalue weighted by Gasteiger charge is 2.27. The summed E-state index contributed by atoms with van der Waals surface area (Å²) in [5.74, 6) is 2.35. The first-order valence-electron chi connectivity index (χ1n) is 10.3. The maximum atomic E-state index is 12.6. The van der Waals surface area contributed by atoms with Crippen LogP contribution in [-0.4, -0.2) is 41.0 Å². The molecule has 2 fully saturated rings. The van der Waals surface area contributed by atoms with E-state index in [2.05, 4.69) is 14.9 Å². The van der Waals surface area contributed by atoms with Crippen LogP contribution in [-0.2, 0) is 16.1 Å². The van der Waals surface area contributed by atoms with Gasteiger partial charge in [-0.05, 0) is 32.1 Å². The van der Waals surface area contributed by atoms with Crippen molar-refractivity contribution in [3.8, 4) is 0 Å². The number of hydrogen-bond donors (Lipinski definition) is 0. The standard InChI is InChI=1S/C21H33N3O2/c1-16-22-14-19(15-26-2)21(23-16)18-10-12-24(13-11-18)20(25)9-8-17-6-4-3-5-7-17/h14,17-18H,3-13,15H2,1-2H3. The van der Waals surface area contributed by atoms with Crippen LogP contribution >= 0.6 is 0 Å². The molecule has 1 saturated carbocycles. The predicted octanol–water partition coefficient (Wildman–Crippen LogP) is 4.00. The zero-order chi connectivity index (χ0) is 18.4. The zero-order valence-electron chi connectivity index (χ0n) is 16.4. The summed E-state index contributed by atoms with van der Waals surface area (Å²) in [6.45, 7) is 4.19. The number of rotatable bonds is 6. The number of nitrogens with zero attached hydrogens (tertiary/aromatic N) is 3. The summed E-state index contributed by atoms with van der Waals surface area (Å²) in [4.78, 5) is 23.7. The van der Waals surface area contributed by atoms with Crippen LogP contribution in [0.2, 0.25) is 0 Å². The maximum Gasteiger partial charge on any atom is 0.222 e. The topological polar surface area (TPSA) is 55.3 Å². The van der Waals surface area contributed by atoms with Gasteiger partial charge in [0.1, 0.15) is 5.82 Å². The van der Waals surface area contributed by atoms with Crippen LogP contribution in [0.5, 0.6) is 0 Å². The number of carbonyl (C=O) groups excluding carboxylic acids is 1. The Balaban J connectivity index is 1.50. The van der Waals surface area contributed by atoms with Crippen LogP contribution in [0.1, 0.15) is 80.8 Å². The number of ether oxygens (including phenoxy) is 1. The van der Waals surface area contributed by atoms with E-state index in [1.54, 1.807) is 7.11 Å². The third kappa shape index (κ3) is 5.03. The molecule has 1 saturated heterocycles. The molecule has 5 nitrogen and oxygen atoms in total. The van der Waals surface area contributed by atoms with Crippen molar-refractivity contribution in [2.75, 3.05) is 20.2 Å². The minimum atomic E-state index is 0.352. The maximum absolute atomic E-state index is 12.6. The third-order valence-corrected chi connectivity index (χ3v) is 6.04. The van der Waals surface area contributed by atoms with Crippen LogP contribution < -0.4 is 0 Å². The number of piperidine rings is 1. The van der Waals surface area contributed by atoms with Crippen molar-refractivity contribution in [1.82, 2.24) is 14.9 Å². The normalized spacial score (nSPS) is 19.7. The van der Waals surface area contributed by atoms with Gasteiger partial charge in [-0.15, -0.1) is 0 Å². The number of hydrogen-bond acceptors (Lipinski definition) is 4. The van der Waals surface area contributed by atoms with Crippen LogP contribution in [0, 0.1) is 12.8 Å². The molecule has 1 amide bonds. The second-order valence-electron chi connectivity index (χ2n) is 7.96. The lowest BCUT2D eigenvalue weighted by atomic mass is 9.86. The number of amides is 1. The van der Waals surface area contributed by atoms with Gasteiger partial charge in [-0.25, -0.2) is 9.97 Å². The van der Waals surface area contributed by atoms with Gasteiger partial charge in [0.2, 0.25) is 5.91 Å². The van der Waals surface area contributed by atoms with E-state index in [0.717, 1.165) is 61.8 Å². The summed E-state index contributed by atoms with van der Waals surface area (Å²) in [6.07, 6.45) is 12.4. The van der Waals surface area contributed by atoms with Gasteiger partial charge in [-0.2, -0.15) is 0 Å². The van der Waals surface area contributed by atoms with Gasteiger partial charge in [0.15, 0.2) is 0 Å².